The van der Waals surface area contributed by atoms with Crippen LogP contribution in [-0.2, 0) is 15.3 Å². The first-order chi connectivity index (χ1) is 6.70. The summed E-state index contributed by atoms with van der Waals surface area (Å²) in [7, 11) is 3.32. The quantitative estimate of drug-likeness (QED) is 0.772. The molecule has 1 aromatic carbocycles. The maximum Gasteiger partial charge on any atom is 0.195 e. The Balaban J connectivity index is 3.17. The molecule has 2 nitrogen and oxygen atoms in total. The van der Waals surface area contributed by atoms with Crippen molar-refractivity contribution in [3.05, 3.63) is 34.3 Å². The second-order valence-corrected chi connectivity index (χ2v) is 3.85. The highest BCUT2D eigenvalue weighted by molar-refractivity contribution is 9.10. The first kappa shape index (κ1) is 11.7. The molecule has 0 amide bonds. The maximum absolute atomic E-state index is 5.45. The lowest BCUT2D eigenvalue weighted by Crippen LogP contribution is -2.30. The van der Waals surface area contributed by atoms with Gasteiger partial charge in [-0.1, -0.05) is 41.1 Å². The lowest BCUT2D eigenvalue weighted by atomic mass is 10.0. The van der Waals surface area contributed by atoms with Gasteiger partial charge in [-0.05, 0) is 6.07 Å². The van der Waals surface area contributed by atoms with Crippen molar-refractivity contribution in [3.63, 3.8) is 0 Å². The first-order valence-corrected chi connectivity index (χ1v) is 5.34. The number of halogens is 1. The van der Waals surface area contributed by atoms with Crippen molar-refractivity contribution in [3.8, 4) is 0 Å². The van der Waals surface area contributed by atoms with Crippen molar-refractivity contribution >= 4 is 15.9 Å². The third kappa shape index (κ3) is 2.00. The van der Waals surface area contributed by atoms with E-state index in [1.807, 2.05) is 31.2 Å². The zero-order chi connectivity index (χ0) is 10.6. The Hall–Kier alpha value is -0.380. The average Bonchev–Trinajstić information content (AvgIpc) is 2.24. The summed E-state index contributed by atoms with van der Waals surface area (Å²) in [4.78, 5) is 0. The van der Waals surface area contributed by atoms with Crippen molar-refractivity contribution in [2.45, 2.75) is 19.1 Å². The van der Waals surface area contributed by atoms with Crippen LogP contribution in [0.4, 0.5) is 0 Å². The van der Waals surface area contributed by atoms with Crippen molar-refractivity contribution in [1.29, 1.82) is 0 Å². The summed E-state index contributed by atoms with van der Waals surface area (Å²) < 4.78 is 11.9. The second kappa shape index (κ2) is 4.91. The summed E-state index contributed by atoms with van der Waals surface area (Å²) in [6.45, 7) is 2.03. The van der Waals surface area contributed by atoms with Crippen molar-refractivity contribution < 1.29 is 9.47 Å². The smallest absolute Gasteiger partial charge is 0.195 e. The van der Waals surface area contributed by atoms with Gasteiger partial charge in [0.15, 0.2) is 5.79 Å². The third-order valence-electron chi connectivity index (χ3n) is 2.41. The topological polar surface area (TPSA) is 18.5 Å². The molecule has 0 fully saturated rings. The van der Waals surface area contributed by atoms with E-state index in [0.717, 1.165) is 16.5 Å². The Morgan fingerprint density at radius 1 is 1.21 bits per heavy atom. The van der Waals surface area contributed by atoms with E-state index < -0.39 is 5.79 Å². The van der Waals surface area contributed by atoms with Crippen LogP contribution in [0.25, 0.3) is 0 Å². The molecule has 0 aliphatic heterocycles. The summed E-state index contributed by atoms with van der Waals surface area (Å²) in [5.74, 6) is -0.639. The van der Waals surface area contributed by atoms with Crippen molar-refractivity contribution in [2.75, 3.05) is 14.2 Å². The highest BCUT2D eigenvalue weighted by Crippen LogP contribution is 2.34. The molecule has 14 heavy (non-hydrogen) atoms. The van der Waals surface area contributed by atoms with Gasteiger partial charge >= 0.3 is 0 Å². The van der Waals surface area contributed by atoms with Crippen LogP contribution < -0.4 is 0 Å². The highest BCUT2D eigenvalue weighted by atomic mass is 79.9. The van der Waals surface area contributed by atoms with Gasteiger partial charge in [-0.25, -0.2) is 0 Å². The third-order valence-corrected chi connectivity index (χ3v) is 3.10. The lowest BCUT2D eigenvalue weighted by Gasteiger charge is -2.30. The average molecular weight is 259 g/mol. The van der Waals surface area contributed by atoms with Crippen LogP contribution in [0.1, 0.15) is 18.9 Å². The number of hydrogen-bond acceptors (Lipinski definition) is 2. The molecule has 0 aromatic heterocycles. The Bertz CT molecular complexity index is 287. The van der Waals surface area contributed by atoms with Crippen LogP contribution in [0.15, 0.2) is 28.7 Å². The molecule has 0 heterocycles. The largest absolute Gasteiger partial charge is 0.349 e. The molecule has 0 atom stereocenters. The van der Waals surface area contributed by atoms with E-state index in [2.05, 4.69) is 15.9 Å². The predicted octanol–water partition coefficient (Wildman–Crippen LogP) is 3.30. The van der Waals surface area contributed by atoms with Crippen LogP contribution in [-0.4, -0.2) is 14.2 Å². The fraction of sp³-hybridized carbons (Fsp3) is 0.455. The monoisotopic (exact) mass is 258 g/mol. The van der Waals surface area contributed by atoms with E-state index in [-0.39, 0.29) is 0 Å². The maximum atomic E-state index is 5.45. The lowest BCUT2D eigenvalue weighted by molar-refractivity contribution is -0.217. The van der Waals surface area contributed by atoms with E-state index in [1.54, 1.807) is 14.2 Å². The van der Waals surface area contributed by atoms with E-state index in [1.165, 1.54) is 0 Å². The van der Waals surface area contributed by atoms with E-state index >= 15 is 0 Å². The molecule has 0 unspecified atom stereocenters. The van der Waals surface area contributed by atoms with Gasteiger partial charge in [-0.15, -0.1) is 0 Å². The fourth-order valence-electron chi connectivity index (χ4n) is 1.55. The number of methoxy groups -OCH3 is 2. The highest BCUT2D eigenvalue weighted by Gasteiger charge is 2.31. The van der Waals surface area contributed by atoms with Gasteiger partial charge in [-0.2, -0.15) is 0 Å². The number of ether oxygens (including phenoxy) is 2. The van der Waals surface area contributed by atoms with Crippen LogP contribution in [0.3, 0.4) is 0 Å². The zero-order valence-corrected chi connectivity index (χ0v) is 10.3. The minimum absolute atomic E-state index is 0.639. The molecule has 1 rings (SSSR count). The molecule has 0 bridgehead atoms. The molecule has 0 spiro atoms. The molecule has 0 aliphatic rings. The predicted molar refractivity (Wildman–Crippen MR) is 60.1 cm³/mol. The molecule has 1 aromatic rings. The van der Waals surface area contributed by atoms with Crippen LogP contribution >= 0.6 is 15.9 Å². The van der Waals surface area contributed by atoms with Gasteiger partial charge in [0.1, 0.15) is 0 Å². The van der Waals surface area contributed by atoms with E-state index in [4.69, 9.17) is 9.47 Å². The molecule has 0 saturated heterocycles. The molecule has 0 saturated carbocycles. The Labute approximate surface area is 93.4 Å². The summed E-state index contributed by atoms with van der Waals surface area (Å²) >= 11 is 3.49. The number of benzene rings is 1. The van der Waals surface area contributed by atoms with Gasteiger partial charge in [-0.3, -0.25) is 0 Å². The van der Waals surface area contributed by atoms with Crippen molar-refractivity contribution in [2.24, 2.45) is 0 Å². The van der Waals surface area contributed by atoms with Gasteiger partial charge in [0.2, 0.25) is 0 Å². The normalized spacial score (nSPS) is 11.7. The first-order valence-electron chi connectivity index (χ1n) is 4.55. The van der Waals surface area contributed by atoms with Crippen molar-refractivity contribution in [1.82, 2.24) is 0 Å². The summed E-state index contributed by atoms with van der Waals surface area (Å²) in [6, 6.07) is 7.93. The standard InChI is InChI=1S/C11H15BrO2/c1-4-11(13-2,14-3)9-7-5-6-8-10(9)12/h5-8H,4H2,1-3H3. The summed E-state index contributed by atoms with van der Waals surface area (Å²) in [5, 5.41) is 0. The van der Waals surface area contributed by atoms with Crippen LogP contribution in [0, 0.1) is 0 Å². The van der Waals surface area contributed by atoms with Gasteiger partial charge in [0.05, 0.1) is 0 Å². The summed E-state index contributed by atoms with van der Waals surface area (Å²) in [5.41, 5.74) is 1.02. The Kier molecular flexibility index (Phi) is 4.11. The minimum atomic E-state index is -0.639. The Morgan fingerprint density at radius 3 is 2.21 bits per heavy atom. The molecular weight excluding hydrogens is 244 g/mol. The number of hydrogen-bond donors (Lipinski definition) is 0. The fourth-order valence-corrected chi connectivity index (χ4v) is 2.14. The molecular formula is C11H15BrO2. The molecule has 0 aliphatic carbocycles. The minimum Gasteiger partial charge on any atom is -0.349 e. The van der Waals surface area contributed by atoms with Crippen LogP contribution in [0.5, 0.6) is 0 Å². The van der Waals surface area contributed by atoms with Gasteiger partial charge < -0.3 is 9.47 Å². The van der Waals surface area contributed by atoms with Gasteiger partial charge in [0, 0.05) is 30.7 Å². The Morgan fingerprint density at radius 2 is 1.79 bits per heavy atom. The zero-order valence-electron chi connectivity index (χ0n) is 8.71. The van der Waals surface area contributed by atoms with E-state index in [0.29, 0.717) is 0 Å². The summed E-state index contributed by atoms with van der Waals surface area (Å²) in [6.07, 6.45) is 0.766. The molecule has 0 radical (unpaired) electrons. The van der Waals surface area contributed by atoms with E-state index in [9.17, 15) is 0 Å². The SMILES string of the molecule is CCC(OC)(OC)c1ccccc1Br. The number of rotatable bonds is 4. The van der Waals surface area contributed by atoms with Crippen LogP contribution in [0.2, 0.25) is 0 Å². The molecule has 3 heteroatoms. The van der Waals surface area contributed by atoms with Gasteiger partial charge in [0.25, 0.3) is 0 Å². The second-order valence-electron chi connectivity index (χ2n) is 2.99. The molecule has 0 N–H and O–H groups in total. The molecule has 78 valence electrons.